The number of ether oxygens (including phenoxy) is 1. The van der Waals surface area contributed by atoms with Crippen LogP contribution in [0.1, 0.15) is 28.4 Å². The average Bonchev–Trinajstić information content (AvgIpc) is 3.08. The summed E-state index contributed by atoms with van der Waals surface area (Å²) in [7, 11) is 0. The molecule has 25 heavy (non-hydrogen) atoms. The molecule has 1 atom stereocenters. The van der Waals surface area contributed by atoms with Crippen molar-refractivity contribution in [2.24, 2.45) is 0 Å². The van der Waals surface area contributed by atoms with Crippen molar-refractivity contribution in [1.82, 2.24) is 10.6 Å². The van der Waals surface area contributed by atoms with Gasteiger partial charge in [0.1, 0.15) is 5.75 Å². The van der Waals surface area contributed by atoms with Crippen LogP contribution in [0.25, 0.3) is 0 Å². The highest BCUT2D eigenvalue weighted by Crippen LogP contribution is 2.31. The van der Waals surface area contributed by atoms with Gasteiger partial charge in [-0.25, -0.2) is 4.79 Å². The number of carbonyl (C=O) groups excluding carboxylic acids is 2. The number of para-hydroxylation sites is 1. The van der Waals surface area contributed by atoms with E-state index in [0.29, 0.717) is 25.3 Å². The van der Waals surface area contributed by atoms with Crippen LogP contribution in [0.5, 0.6) is 5.75 Å². The van der Waals surface area contributed by atoms with Gasteiger partial charge in [0.2, 0.25) is 0 Å². The molecule has 2 aromatic carbocycles. The van der Waals surface area contributed by atoms with Gasteiger partial charge in [0.05, 0.1) is 12.6 Å². The number of hydrogen-bond donors (Lipinski definition) is 2. The van der Waals surface area contributed by atoms with Crippen LogP contribution in [0.4, 0.5) is 10.5 Å². The van der Waals surface area contributed by atoms with Crippen LogP contribution < -0.4 is 20.3 Å². The molecule has 2 heterocycles. The van der Waals surface area contributed by atoms with Gasteiger partial charge in [0, 0.05) is 36.3 Å². The Morgan fingerprint density at radius 1 is 1.16 bits per heavy atom. The number of nitrogens with zero attached hydrogens (tertiary/aromatic N) is 1. The quantitative estimate of drug-likeness (QED) is 0.904. The van der Waals surface area contributed by atoms with E-state index in [1.165, 1.54) is 0 Å². The van der Waals surface area contributed by atoms with Crippen molar-refractivity contribution in [3.63, 3.8) is 0 Å². The number of anilines is 1. The Balaban J connectivity index is 1.48. The number of carbonyl (C=O) groups is 2. The van der Waals surface area contributed by atoms with Crippen LogP contribution >= 0.6 is 0 Å². The van der Waals surface area contributed by atoms with Crippen LogP contribution in [0.2, 0.25) is 0 Å². The van der Waals surface area contributed by atoms with E-state index in [0.717, 1.165) is 23.4 Å². The third-order valence-corrected chi connectivity index (χ3v) is 4.56. The molecule has 6 nitrogen and oxygen atoms in total. The van der Waals surface area contributed by atoms with Crippen LogP contribution in [0, 0.1) is 0 Å². The Bertz CT molecular complexity index is 804. The van der Waals surface area contributed by atoms with E-state index in [4.69, 9.17) is 4.74 Å². The second kappa shape index (κ2) is 6.47. The molecule has 0 radical (unpaired) electrons. The second-order valence-electron chi connectivity index (χ2n) is 6.13. The monoisotopic (exact) mass is 337 g/mol. The smallest absolute Gasteiger partial charge is 0.321 e. The van der Waals surface area contributed by atoms with E-state index in [-0.39, 0.29) is 18.0 Å². The molecule has 2 aromatic rings. The number of urea groups is 1. The number of benzene rings is 2. The molecule has 2 N–H and O–H groups in total. The zero-order valence-electron chi connectivity index (χ0n) is 13.7. The molecule has 3 amide bonds. The summed E-state index contributed by atoms with van der Waals surface area (Å²) < 4.78 is 5.63. The minimum absolute atomic E-state index is 0.0542. The van der Waals surface area contributed by atoms with Crippen LogP contribution in [0.3, 0.4) is 0 Å². The summed E-state index contributed by atoms with van der Waals surface area (Å²) in [5, 5.41) is 5.84. The molecular weight excluding hydrogens is 318 g/mol. The van der Waals surface area contributed by atoms with E-state index in [1.807, 2.05) is 24.3 Å². The maximum Gasteiger partial charge on any atom is 0.321 e. The fraction of sp³-hybridized carbons (Fsp3) is 0.263. The van der Waals surface area contributed by atoms with Crippen molar-refractivity contribution in [3.8, 4) is 5.75 Å². The highest BCUT2D eigenvalue weighted by Gasteiger charge is 2.24. The molecular formula is C19H19N3O3. The number of rotatable bonds is 3. The van der Waals surface area contributed by atoms with E-state index < -0.39 is 0 Å². The number of amides is 3. The lowest BCUT2D eigenvalue weighted by molar-refractivity contribution is 0.0925. The summed E-state index contributed by atoms with van der Waals surface area (Å²) in [5.41, 5.74) is 2.38. The van der Waals surface area contributed by atoms with E-state index in [2.05, 4.69) is 10.6 Å². The van der Waals surface area contributed by atoms with Crippen LogP contribution in [-0.4, -0.2) is 31.6 Å². The van der Waals surface area contributed by atoms with Gasteiger partial charge in [-0.2, -0.15) is 0 Å². The zero-order chi connectivity index (χ0) is 17.2. The molecule has 1 saturated heterocycles. The highest BCUT2D eigenvalue weighted by molar-refractivity contribution is 5.97. The molecule has 0 aliphatic carbocycles. The third kappa shape index (κ3) is 3.03. The summed E-state index contributed by atoms with van der Waals surface area (Å²) in [5.74, 6) is 0.702. The van der Waals surface area contributed by atoms with E-state index in [9.17, 15) is 9.59 Å². The molecule has 128 valence electrons. The van der Waals surface area contributed by atoms with E-state index in [1.54, 1.807) is 29.2 Å². The molecule has 1 fully saturated rings. The zero-order valence-corrected chi connectivity index (χ0v) is 13.7. The fourth-order valence-electron chi connectivity index (χ4n) is 3.24. The SMILES string of the molecule is O=C(N[C@H]1CCOc2ccccc21)c1ccc(N2CCNC2=O)cc1. The normalized spacial score (nSPS) is 19.0. The van der Waals surface area contributed by atoms with Crippen LogP contribution in [0.15, 0.2) is 48.5 Å². The van der Waals surface area contributed by atoms with Gasteiger partial charge in [-0.05, 0) is 30.3 Å². The van der Waals surface area contributed by atoms with Gasteiger partial charge in [-0.15, -0.1) is 0 Å². The standard InChI is InChI=1S/C19H19N3O3/c23-18(21-16-9-12-25-17-4-2-1-3-15(16)17)13-5-7-14(8-6-13)22-11-10-20-19(22)24/h1-8,16H,9-12H2,(H,20,24)(H,21,23)/t16-/m0/s1. The minimum atomic E-state index is -0.126. The first-order valence-corrected chi connectivity index (χ1v) is 8.40. The Morgan fingerprint density at radius 3 is 2.72 bits per heavy atom. The van der Waals surface area contributed by atoms with Crippen molar-refractivity contribution >= 4 is 17.6 Å². The average molecular weight is 337 g/mol. The first-order valence-electron chi connectivity index (χ1n) is 8.40. The van der Waals surface area contributed by atoms with Gasteiger partial charge in [-0.1, -0.05) is 18.2 Å². The summed E-state index contributed by atoms with van der Waals surface area (Å²) in [6, 6.07) is 14.7. The molecule has 2 aliphatic heterocycles. The minimum Gasteiger partial charge on any atom is -0.493 e. The summed E-state index contributed by atoms with van der Waals surface area (Å²) in [6.45, 7) is 1.87. The molecule has 4 rings (SSSR count). The molecule has 0 unspecified atom stereocenters. The molecule has 0 aromatic heterocycles. The Hall–Kier alpha value is -3.02. The lowest BCUT2D eigenvalue weighted by atomic mass is 10.00. The summed E-state index contributed by atoms with van der Waals surface area (Å²) in [4.78, 5) is 25.9. The van der Waals surface area contributed by atoms with Crippen molar-refractivity contribution in [3.05, 3.63) is 59.7 Å². The van der Waals surface area contributed by atoms with Gasteiger partial charge >= 0.3 is 6.03 Å². The fourth-order valence-corrected chi connectivity index (χ4v) is 3.24. The summed E-state index contributed by atoms with van der Waals surface area (Å²) >= 11 is 0. The highest BCUT2D eigenvalue weighted by atomic mass is 16.5. The largest absolute Gasteiger partial charge is 0.493 e. The Labute approximate surface area is 145 Å². The number of fused-ring (bicyclic) bond motifs is 1. The van der Waals surface area contributed by atoms with Gasteiger partial charge in [0.15, 0.2) is 0 Å². The molecule has 0 bridgehead atoms. The predicted octanol–water partition coefficient (Wildman–Crippen LogP) is 2.47. The Kier molecular flexibility index (Phi) is 4.01. The van der Waals surface area contributed by atoms with Crippen LogP contribution in [-0.2, 0) is 0 Å². The van der Waals surface area contributed by atoms with Gasteiger partial charge in [0.25, 0.3) is 5.91 Å². The van der Waals surface area contributed by atoms with Crippen molar-refractivity contribution < 1.29 is 14.3 Å². The van der Waals surface area contributed by atoms with Crippen molar-refractivity contribution in [2.75, 3.05) is 24.6 Å². The molecule has 0 saturated carbocycles. The molecule has 0 spiro atoms. The topological polar surface area (TPSA) is 70.7 Å². The Morgan fingerprint density at radius 2 is 1.96 bits per heavy atom. The first-order chi connectivity index (χ1) is 12.2. The van der Waals surface area contributed by atoms with Gasteiger partial charge in [-0.3, -0.25) is 9.69 Å². The number of nitrogens with one attached hydrogen (secondary N) is 2. The maximum absolute atomic E-state index is 12.6. The molecule has 6 heteroatoms. The lowest BCUT2D eigenvalue weighted by Gasteiger charge is -2.26. The summed E-state index contributed by atoms with van der Waals surface area (Å²) in [6.07, 6.45) is 0.745. The maximum atomic E-state index is 12.6. The second-order valence-corrected chi connectivity index (χ2v) is 6.13. The number of hydrogen-bond acceptors (Lipinski definition) is 3. The van der Waals surface area contributed by atoms with Gasteiger partial charge < -0.3 is 15.4 Å². The third-order valence-electron chi connectivity index (χ3n) is 4.56. The molecule has 2 aliphatic rings. The first kappa shape index (κ1) is 15.5. The predicted molar refractivity (Wildman–Crippen MR) is 93.9 cm³/mol. The van der Waals surface area contributed by atoms with Crippen molar-refractivity contribution in [2.45, 2.75) is 12.5 Å². The lowest BCUT2D eigenvalue weighted by Crippen LogP contribution is -2.32. The van der Waals surface area contributed by atoms with E-state index >= 15 is 0 Å². The van der Waals surface area contributed by atoms with Crippen molar-refractivity contribution in [1.29, 1.82) is 0 Å².